The fourth-order valence-corrected chi connectivity index (χ4v) is 2.09. The van der Waals surface area contributed by atoms with Gasteiger partial charge in [0.15, 0.2) is 5.65 Å². The molecule has 0 fully saturated rings. The van der Waals surface area contributed by atoms with Crippen LogP contribution in [0, 0.1) is 0 Å². The molecule has 3 aromatic rings. The monoisotopic (exact) mass is 316 g/mol. The van der Waals surface area contributed by atoms with Crippen molar-refractivity contribution in [3.8, 4) is 0 Å². The molecular weight excluding hydrogens is 308 g/mol. The van der Waals surface area contributed by atoms with Gasteiger partial charge in [-0.05, 0) is 17.7 Å². The van der Waals surface area contributed by atoms with Gasteiger partial charge in [0.1, 0.15) is 11.8 Å². The van der Waals surface area contributed by atoms with Crippen LogP contribution >= 0.6 is 15.9 Å². The van der Waals surface area contributed by atoms with Gasteiger partial charge in [0.05, 0.1) is 12.9 Å². The van der Waals surface area contributed by atoms with Gasteiger partial charge in [-0.1, -0.05) is 28.1 Å². The summed E-state index contributed by atoms with van der Waals surface area (Å²) in [5.41, 5.74) is 2.36. The van der Waals surface area contributed by atoms with E-state index in [-0.39, 0.29) is 0 Å². The number of nitrogens with one attached hydrogen (secondary N) is 1. The lowest BCUT2D eigenvalue weighted by Crippen LogP contribution is -1.82. The van der Waals surface area contributed by atoms with Gasteiger partial charge >= 0.3 is 0 Å². The maximum absolute atomic E-state index is 4.15. The maximum atomic E-state index is 4.15. The highest BCUT2D eigenvalue weighted by molar-refractivity contribution is 9.10. The number of imidazole rings is 1. The number of azo groups is 1. The fraction of sp³-hybridized carbons (Fsp3) is 0.0833. The molecule has 0 aliphatic carbocycles. The van der Waals surface area contributed by atoms with E-state index < -0.39 is 0 Å². The van der Waals surface area contributed by atoms with E-state index in [2.05, 4.69) is 46.1 Å². The lowest BCUT2D eigenvalue weighted by atomic mass is 10.2. The normalized spacial score (nSPS) is 11.4. The van der Waals surface area contributed by atoms with Crippen molar-refractivity contribution >= 4 is 32.9 Å². The predicted octanol–water partition coefficient (Wildman–Crippen LogP) is 3.40. The van der Waals surface area contributed by atoms with Crippen LogP contribution < -0.4 is 0 Å². The number of benzene rings is 1. The number of aromatic amines is 1. The molecule has 1 aromatic carbocycles. The Bertz CT molecular complexity index is 736. The first-order chi connectivity index (χ1) is 9.33. The largest absolute Gasteiger partial charge is 0.340 e. The molecule has 0 radical (unpaired) electrons. The van der Waals surface area contributed by atoms with Crippen LogP contribution in [-0.2, 0) is 6.54 Å². The van der Waals surface area contributed by atoms with Crippen LogP contribution in [0.4, 0.5) is 5.82 Å². The first-order valence-electron chi connectivity index (χ1n) is 5.59. The molecule has 0 saturated carbocycles. The minimum atomic E-state index is 0.498. The van der Waals surface area contributed by atoms with Crippen LogP contribution in [0.1, 0.15) is 5.56 Å². The quantitative estimate of drug-likeness (QED) is 0.752. The van der Waals surface area contributed by atoms with Crippen molar-refractivity contribution in [2.75, 3.05) is 0 Å². The molecule has 0 unspecified atom stereocenters. The van der Waals surface area contributed by atoms with Crippen molar-refractivity contribution in [3.05, 3.63) is 47.0 Å². The Labute approximate surface area is 117 Å². The van der Waals surface area contributed by atoms with Crippen molar-refractivity contribution < 1.29 is 0 Å². The molecule has 2 heterocycles. The van der Waals surface area contributed by atoms with E-state index in [0.717, 1.165) is 10.0 Å². The fourth-order valence-electron chi connectivity index (χ4n) is 1.65. The lowest BCUT2D eigenvalue weighted by Gasteiger charge is -1.96. The SMILES string of the molecule is Brc1cccc(CN=Nc2ncnc3nc[nH]c23)c1. The summed E-state index contributed by atoms with van der Waals surface area (Å²) in [5, 5.41) is 8.27. The zero-order valence-corrected chi connectivity index (χ0v) is 11.4. The molecule has 94 valence electrons. The van der Waals surface area contributed by atoms with Crippen molar-refractivity contribution in [2.24, 2.45) is 10.2 Å². The number of nitrogens with zero attached hydrogens (tertiary/aromatic N) is 5. The lowest BCUT2D eigenvalue weighted by molar-refractivity contribution is 0.945. The molecule has 6 nitrogen and oxygen atoms in total. The number of aromatic nitrogens is 4. The number of hydrogen-bond acceptors (Lipinski definition) is 5. The standard InChI is InChI=1S/C12H9BrN6/c13-9-3-1-2-8(4-9)5-18-19-12-10-11(15-6-14-10)16-7-17-12/h1-4,6-7H,5H2,(H,14,15,16,17). The zero-order valence-electron chi connectivity index (χ0n) is 9.79. The summed E-state index contributed by atoms with van der Waals surface area (Å²) in [5.74, 6) is 0.498. The van der Waals surface area contributed by atoms with E-state index in [1.807, 2.05) is 24.3 Å². The summed E-state index contributed by atoms with van der Waals surface area (Å²) >= 11 is 3.42. The molecule has 1 N–H and O–H groups in total. The summed E-state index contributed by atoms with van der Waals surface area (Å²) in [6.45, 7) is 0.499. The smallest absolute Gasteiger partial charge is 0.203 e. The third kappa shape index (κ3) is 2.65. The molecule has 0 spiro atoms. The van der Waals surface area contributed by atoms with E-state index in [0.29, 0.717) is 23.5 Å². The van der Waals surface area contributed by atoms with Gasteiger partial charge < -0.3 is 4.98 Å². The van der Waals surface area contributed by atoms with Crippen molar-refractivity contribution in [3.63, 3.8) is 0 Å². The summed E-state index contributed by atoms with van der Waals surface area (Å²) in [6, 6.07) is 7.94. The second-order valence-corrected chi connectivity index (χ2v) is 4.74. The second-order valence-electron chi connectivity index (χ2n) is 3.83. The number of hydrogen-bond donors (Lipinski definition) is 1. The minimum Gasteiger partial charge on any atom is -0.340 e. The first-order valence-corrected chi connectivity index (χ1v) is 6.38. The second kappa shape index (κ2) is 5.23. The van der Waals surface area contributed by atoms with Gasteiger partial charge in [-0.15, -0.1) is 5.11 Å². The number of fused-ring (bicyclic) bond motifs is 1. The van der Waals surface area contributed by atoms with Gasteiger partial charge in [0.25, 0.3) is 0 Å². The Balaban J connectivity index is 1.81. The Morgan fingerprint density at radius 2 is 2.16 bits per heavy atom. The minimum absolute atomic E-state index is 0.498. The van der Waals surface area contributed by atoms with Crippen LogP contribution in [0.25, 0.3) is 11.2 Å². The Hall–Kier alpha value is -2.15. The van der Waals surface area contributed by atoms with E-state index in [4.69, 9.17) is 0 Å². The summed E-state index contributed by atoms with van der Waals surface area (Å²) in [7, 11) is 0. The summed E-state index contributed by atoms with van der Waals surface area (Å²) in [4.78, 5) is 15.1. The molecular formula is C12H9BrN6. The number of rotatable bonds is 3. The molecule has 19 heavy (non-hydrogen) atoms. The highest BCUT2D eigenvalue weighted by Crippen LogP contribution is 2.19. The molecule has 7 heteroatoms. The van der Waals surface area contributed by atoms with Crippen LogP contribution in [0.5, 0.6) is 0 Å². The van der Waals surface area contributed by atoms with Crippen molar-refractivity contribution in [1.82, 2.24) is 19.9 Å². The van der Waals surface area contributed by atoms with E-state index in [9.17, 15) is 0 Å². The molecule has 0 saturated heterocycles. The van der Waals surface area contributed by atoms with E-state index in [1.54, 1.807) is 6.33 Å². The van der Waals surface area contributed by atoms with Crippen LogP contribution in [0.15, 0.2) is 51.6 Å². The zero-order chi connectivity index (χ0) is 13.1. The van der Waals surface area contributed by atoms with Crippen molar-refractivity contribution in [1.29, 1.82) is 0 Å². The Morgan fingerprint density at radius 3 is 3.05 bits per heavy atom. The average molecular weight is 317 g/mol. The molecule has 0 aliphatic rings. The Morgan fingerprint density at radius 1 is 1.21 bits per heavy atom. The van der Waals surface area contributed by atoms with Gasteiger partial charge in [0.2, 0.25) is 5.82 Å². The third-order valence-electron chi connectivity index (χ3n) is 2.51. The third-order valence-corrected chi connectivity index (χ3v) is 3.00. The van der Waals surface area contributed by atoms with Crippen LogP contribution in [0.2, 0.25) is 0 Å². The van der Waals surface area contributed by atoms with Gasteiger partial charge in [0, 0.05) is 4.47 Å². The summed E-state index contributed by atoms with van der Waals surface area (Å²) in [6.07, 6.45) is 2.99. The molecule has 3 rings (SSSR count). The topological polar surface area (TPSA) is 79.2 Å². The van der Waals surface area contributed by atoms with E-state index >= 15 is 0 Å². The highest BCUT2D eigenvalue weighted by atomic mass is 79.9. The molecule has 0 bridgehead atoms. The first kappa shape index (κ1) is 11.9. The van der Waals surface area contributed by atoms with Gasteiger partial charge in [-0.25, -0.2) is 15.0 Å². The molecule has 2 aromatic heterocycles. The predicted molar refractivity (Wildman–Crippen MR) is 74.0 cm³/mol. The highest BCUT2D eigenvalue weighted by Gasteiger charge is 2.03. The maximum Gasteiger partial charge on any atom is 0.203 e. The van der Waals surface area contributed by atoms with E-state index in [1.165, 1.54) is 6.33 Å². The van der Waals surface area contributed by atoms with Crippen LogP contribution in [0.3, 0.4) is 0 Å². The van der Waals surface area contributed by atoms with Crippen molar-refractivity contribution in [2.45, 2.75) is 6.54 Å². The number of H-pyrrole nitrogens is 1. The average Bonchev–Trinajstić information content (AvgIpc) is 2.88. The Kier molecular flexibility index (Phi) is 3.28. The summed E-state index contributed by atoms with van der Waals surface area (Å²) < 4.78 is 1.03. The molecule has 0 amide bonds. The molecule has 0 atom stereocenters. The van der Waals surface area contributed by atoms with Gasteiger partial charge in [-0.3, -0.25) is 0 Å². The van der Waals surface area contributed by atoms with Gasteiger partial charge in [-0.2, -0.15) is 5.11 Å². The number of halogens is 1. The molecule has 0 aliphatic heterocycles. The van der Waals surface area contributed by atoms with Crippen LogP contribution in [-0.4, -0.2) is 19.9 Å².